The number of nitrogens with zero attached hydrogens (tertiary/aromatic N) is 1. The summed E-state index contributed by atoms with van der Waals surface area (Å²) in [5, 5.41) is 0. The third-order valence-electron chi connectivity index (χ3n) is 5.50. The van der Waals surface area contributed by atoms with E-state index in [0.717, 1.165) is 30.2 Å². The monoisotopic (exact) mass is 479 g/mol. The van der Waals surface area contributed by atoms with Crippen LogP contribution < -0.4 is 9.47 Å². The highest BCUT2D eigenvalue weighted by Crippen LogP contribution is 2.35. The molecule has 1 atom stereocenters. The van der Waals surface area contributed by atoms with Crippen molar-refractivity contribution in [3.63, 3.8) is 0 Å². The van der Waals surface area contributed by atoms with Crippen LogP contribution in [0.3, 0.4) is 0 Å². The van der Waals surface area contributed by atoms with E-state index in [0.29, 0.717) is 23.7 Å². The number of halogens is 1. The second-order valence-corrected chi connectivity index (χ2v) is 9.81. The molecule has 0 aromatic heterocycles. The molecule has 0 spiro atoms. The number of hydrogen-bond donors (Lipinski definition) is 0. The number of benzene rings is 2. The van der Waals surface area contributed by atoms with Gasteiger partial charge in [-0.1, -0.05) is 0 Å². The smallest absolute Gasteiger partial charge is 0.341 e. The van der Waals surface area contributed by atoms with Gasteiger partial charge in [0.1, 0.15) is 30.0 Å². The predicted octanol–water partition coefficient (Wildman–Crippen LogP) is 2.93. The average Bonchev–Trinajstić information content (AvgIpc) is 3.17. The SMILES string of the molecule is CCOc1cc2c(cc1COC(=O)c1cc(S(=O)(=O)N3CCOCC3)ccc1F)OC(C)C2. The first-order chi connectivity index (χ1) is 15.8. The molecule has 2 heterocycles. The number of esters is 1. The van der Waals surface area contributed by atoms with Crippen molar-refractivity contribution in [3.05, 3.63) is 52.8 Å². The first kappa shape index (κ1) is 23.5. The van der Waals surface area contributed by atoms with Crippen molar-refractivity contribution in [2.75, 3.05) is 32.9 Å². The van der Waals surface area contributed by atoms with Crippen LogP contribution in [0, 0.1) is 5.82 Å². The molecule has 2 aromatic carbocycles. The fraction of sp³-hybridized carbons (Fsp3) is 0.435. The second kappa shape index (κ2) is 9.66. The Hall–Kier alpha value is -2.69. The number of carbonyl (C=O) groups is 1. The largest absolute Gasteiger partial charge is 0.493 e. The van der Waals surface area contributed by atoms with Gasteiger partial charge in [-0.15, -0.1) is 0 Å². The molecule has 178 valence electrons. The third kappa shape index (κ3) is 4.97. The molecule has 0 saturated carbocycles. The Morgan fingerprint density at radius 2 is 1.97 bits per heavy atom. The van der Waals surface area contributed by atoms with Crippen molar-refractivity contribution in [1.82, 2.24) is 4.31 Å². The molecule has 2 aliphatic heterocycles. The van der Waals surface area contributed by atoms with E-state index in [1.54, 1.807) is 6.07 Å². The number of hydrogen-bond acceptors (Lipinski definition) is 7. The molecule has 0 radical (unpaired) electrons. The molecule has 0 bridgehead atoms. The van der Waals surface area contributed by atoms with E-state index in [2.05, 4.69) is 0 Å². The Kier molecular flexibility index (Phi) is 6.87. The van der Waals surface area contributed by atoms with E-state index in [-0.39, 0.29) is 43.9 Å². The van der Waals surface area contributed by atoms with Crippen molar-refractivity contribution in [2.45, 2.75) is 37.9 Å². The van der Waals surface area contributed by atoms with Crippen LogP contribution >= 0.6 is 0 Å². The van der Waals surface area contributed by atoms with Crippen molar-refractivity contribution in [1.29, 1.82) is 0 Å². The van der Waals surface area contributed by atoms with Crippen LogP contribution in [0.15, 0.2) is 35.2 Å². The standard InChI is InChI=1S/C23H26FNO7S/c1-3-30-21-11-16-10-15(2)32-22(16)12-17(21)14-31-23(26)19-13-18(4-5-20(19)24)33(27,28)25-6-8-29-9-7-25/h4-5,11-13,15H,3,6-10,14H2,1-2H3. The molecule has 2 aromatic rings. The average molecular weight is 480 g/mol. The lowest BCUT2D eigenvalue weighted by molar-refractivity contribution is 0.0463. The van der Waals surface area contributed by atoms with Crippen molar-refractivity contribution in [3.8, 4) is 11.5 Å². The van der Waals surface area contributed by atoms with Crippen molar-refractivity contribution < 1.29 is 36.6 Å². The Bertz CT molecular complexity index is 1150. The maximum Gasteiger partial charge on any atom is 0.341 e. The lowest BCUT2D eigenvalue weighted by Gasteiger charge is -2.26. The van der Waals surface area contributed by atoms with Crippen LogP contribution in [-0.4, -0.2) is 57.7 Å². The molecule has 8 nitrogen and oxygen atoms in total. The van der Waals surface area contributed by atoms with Gasteiger partial charge in [0.15, 0.2) is 0 Å². The summed E-state index contributed by atoms with van der Waals surface area (Å²) < 4.78 is 63.4. The summed E-state index contributed by atoms with van der Waals surface area (Å²) in [4.78, 5) is 12.5. The van der Waals surface area contributed by atoms with E-state index in [9.17, 15) is 17.6 Å². The molecule has 10 heteroatoms. The number of fused-ring (bicyclic) bond motifs is 1. The maximum absolute atomic E-state index is 14.4. The predicted molar refractivity (Wildman–Crippen MR) is 117 cm³/mol. The fourth-order valence-electron chi connectivity index (χ4n) is 3.86. The maximum atomic E-state index is 14.4. The van der Waals surface area contributed by atoms with Gasteiger partial charge in [-0.25, -0.2) is 17.6 Å². The van der Waals surface area contributed by atoms with Crippen LogP contribution in [0.1, 0.15) is 35.3 Å². The minimum absolute atomic E-state index is 0.0394. The van der Waals surface area contributed by atoms with E-state index >= 15 is 0 Å². The Balaban J connectivity index is 1.54. The van der Waals surface area contributed by atoms with Crippen LogP contribution in [0.25, 0.3) is 0 Å². The highest BCUT2D eigenvalue weighted by molar-refractivity contribution is 7.89. The number of morpholine rings is 1. The van der Waals surface area contributed by atoms with Gasteiger partial charge in [0.05, 0.1) is 30.3 Å². The normalized spacial score (nSPS) is 18.5. The summed E-state index contributed by atoms with van der Waals surface area (Å²) in [6.07, 6.45) is 0.794. The molecule has 33 heavy (non-hydrogen) atoms. The number of rotatable bonds is 7. The zero-order valence-corrected chi connectivity index (χ0v) is 19.3. The summed E-state index contributed by atoms with van der Waals surface area (Å²) in [6, 6.07) is 6.73. The summed E-state index contributed by atoms with van der Waals surface area (Å²) in [5.74, 6) is -0.575. The molecular formula is C23H26FNO7S. The van der Waals surface area contributed by atoms with Gasteiger partial charge in [0.25, 0.3) is 0 Å². The Morgan fingerprint density at radius 1 is 1.21 bits per heavy atom. The fourth-order valence-corrected chi connectivity index (χ4v) is 5.30. The highest BCUT2D eigenvalue weighted by atomic mass is 32.2. The van der Waals surface area contributed by atoms with Crippen molar-refractivity contribution >= 4 is 16.0 Å². The van der Waals surface area contributed by atoms with E-state index in [1.165, 1.54) is 4.31 Å². The Labute approximate surface area is 192 Å². The molecule has 1 saturated heterocycles. The first-order valence-electron chi connectivity index (χ1n) is 10.8. The molecule has 0 aliphatic carbocycles. The van der Waals surface area contributed by atoms with Gasteiger partial charge >= 0.3 is 5.97 Å². The van der Waals surface area contributed by atoms with E-state index < -0.39 is 27.4 Å². The minimum Gasteiger partial charge on any atom is -0.493 e. The molecule has 4 rings (SSSR count). The molecule has 0 amide bonds. The lowest BCUT2D eigenvalue weighted by atomic mass is 10.1. The number of ether oxygens (including phenoxy) is 4. The molecular weight excluding hydrogens is 453 g/mol. The Morgan fingerprint density at radius 3 is 2.70 bits per heavy atom. The van der Waals surface area contributed by atoms with Crippen molar-refractivity contribution in [2.24, 2.45) is 0 Å². The highest BCUT2D eigenvalue weighted by Gasteiger charge is 2.28. The van der Waals surface area contributed by atoms with Gasteiger partial charge < -0.3 is 18.9 Å². The van der Waals surface area contributed by atoms with Gasteiger partial charge in [-0.3, -0.25) is 0 Å². The molecule has 0 N–H and O–H groups in total. The van der Waals surface area contributed by atoms with E-state index in [1.807, 2.05) is 19.9 Å². The van der Waals surface area contributed by atoms with Gasteiger partial charge in [-0.2, -0.15) is 4.31 Å². The topological polar surface area (TPSA) is 91.4 Å². The van der Waals surface area contributed by atoms with Gasteiger partial charge in [0.2, 0.25) is 10.0 Å². The van der Waals surface area contributed by atoms with E-state index in [4.69, 9.17) is 18.9 Å². The van der Waals surface area contributed by atoms with Crippen LogP contribution in [-0.2, 0) is 32.5 Å². The third-order valence-corrected chi connectivity index (χ3v) is 7.40. The quantitative estimate of drug-likeness (QED) is 0.564. The lowest BCUT2D eigenvalue weighted by Crippen LogP contribution is -2.40. The zero-order valence-electron chi connectivity index (χ0n) is 18.5. The summed E-state index contributed by atoms with van der Waals surface area (Å²) in [6.45, 7) is 4.99. The molecule has 2 aliphatic rings. The van der Waals surface area contributed by atoms with Crippen LogP contribution in [0.2, 0.25) is 0 Å². The minimum atomic E-state index is -3.89. The van der Waals surface area contributed by atoms with Gasteiger partial charge in [0, 0.05) is 30.6 Å². The summed E-state index contributed by atoms with van der Waals surface area (Å²) >= 11 is 0. The number of sulfonamides is 1. The number of carbonyl (C=O) groups excluding carboxylic acids is 1. The second-order valence-electron chi connectivity index (χ2n) is 7.87. The molecule has 1 unspecified atom stereocenters. The molecule has 1 fully saturated rings. The van der Waals surface area contributed by atoms with Crippen LogP contribution in [0.4, 0.5) is 4.39 Å². The summed E-state index contributed by atoms with van der Waals surface area (Å²) in [7, 11) is -3.89. The summed E-state index contributed by atoms with van der Waals surface area (Å²) in [5.41, 5.74) is 1.14. The zero-order chi connectivity index (χ0) is 23.6. The first-order valence-corrected chi connectivity index (χ1v) is 12.2. The van der Waals surface area contributed by atoms with Gasteiger partial charge in [-0.05, 0) is 44.2 Å². The van der Waals surface area contributed by atoms with Crippen LogP contribution in [0.5, 0.6) is 11.5 Å².